The van der Waals surface area contributed by atoms with E-state index in [9.17, 15) is 9.90 Å². The molecule has 10 atom stereocenters. The van der Waals surface area contributed by atoms with Gasteiger partial charge in [-0.05, 0) is 109 Å². The molecule has 1 saturated heterocycles. The predicted molar refractivity (Wildman–Crippen MR) is 131 cm³/mol. The molecule has 1 N–H and O–H groups in total. The summed E-state index contributed by atoms with van der Waals surface area (Å²) in [6.45, 7) is 17.9. The van der Waals surface area contributed by atoms with Crippen LogP contribution in [0.5, 0.6) is 0 Å². The molecule has 3 heteroatoms. The molecule has 0 amide bonds. The molecule has 0 aromatic carbocycles. The maximum absolute atomic E-state index is 13.0. The van der Waals surface area contributed by atoms with E-state index >= 15 is 0 Å². The molecule has 6 aliphatic rings. The molecule has 1 heterocycles. The maximum atomic E-state index is 13.0. The number of fused-ring (bicyclic) bond motifs is 5. The molecule has 0 aromatic rings. The highest BCUT2D eigenvalue weighted by Gasteiger charge is 2.73. The minimum absolute atomic E-state index is 0.0499. The lowest BCUT2D eigenvalue weighted by molar-refractivity contribution is -0.245. The number of hydrogen-bond acceptors (Lipinski definition) is 3. The van der Waals surface area contributed by atoms with Crippen molar-refractivity contribution in [1.29, 1.82) is 0 Å². The van der Waals surface area contributed by atoms with Crippen LogP contribution in [0.15, 0.2) is 0 Å². The Hall–Kier alpha value is -0.410. The average Bonchev–Trinajstić information content (AvgIpc) is 3.06. The third kappa shape index (κ3) is 2.53. The Bertz CT molecular complexity index is 876. The molecule has 2 bridgehead atoms. The van der Waals surface area contributed by atoms with Crippen LogP contribution in [0.25, 0.3) is 0 Å². The van der Waals surface area contributed by atoms with Crippen molar-refractivity contribution in [3.63, 3.8) is 0 Å². The van der Waals surface area contributed by atoms with Crippen molar-refractivity contribution in [3.8, 4) is 0 Å². The summed E-state index contributed by atoms with van der Waals surface area (Å²) in [5, 5.41) is 10.9. The lowest BCUT2D eigenvalue weighted by atomic mass is 9.31. The van der Waals surface area contributed by atoms with Gasteiger partial charge in [-0.15, -0.1) is 0 Å². The first-order chi connectivity index (χ1) is 15.2. The summed E-state index contributed by atoms with van der Waals surface area (Å²) >= 11 is 0. The number of Topliss-reactive ketones (excluding diaryl/α,β-unsaturated/α-hetero) is 1. The van der Waals surface area contributed by atoms with Gasteiger partial charge in [0.05, 0.1) is 12.7 Å². The molecule has 1 aliphatic heterocycles. The van der Waals surface area contributed by atoms with Crippen LogP contribution in [0.2, 0.25) is 0 Å². The normalized spacial score (nSPS) is 58.6. The lowest BCUT2D eigenvalue weighted by Gasteiger charge is -2.73. The topological polar surface area (TPSA) is 46.5 Å². The number of carbonyl (C=O) groups is 1. The maximum Gasteiger partial charge on any atom is 0.167 e. The van der Waals surface area contributed by atoms with Crippen molar-refractivity contribution in [2.24, 2.45) is 56.2 Å². The average molecular weight is 457 g/mol. The quantitative estimate of drug-likeness (QED) is 0.458. The summed E-state index contributed by atoms with van der Waals surface area (Å²) < 4.78 is 6.68. The standard InChI is InChI=1S/C30H48O3/c1-25(2)12-14-30-15-13-28(6)18(22(30)24(25)33-17-30)8-9-21-27(5)16-19(31)23(32)26(3,4)20(27)10-11-29(21,28)7/h18-22,24,31H,8-17H2,1-7H3/t18-,19?,20+,21-,22+,24-,27+,28-,29-,30-/m1/s1. The molecule has 1 unspecified atom stereocenters. The summed E-state index contributed by atoms with van der Waals surface area (Å²) in [6.07, 6.45) is 10.6. The van der Waals surface area contributed by atoms with E-state index in [0.717, 1.165) is 24.9 Å². The number of ketones is 1. The van der Waals surface area contributed by atoms with Gasteiger partial charge in [0.2, 0.25) is 0 Å². The van der Waals surface area contributed by atoms with Gasteiger partial charge in [-0.3, -0.25) is 4.79 Å². The van der Waals surface area contributed by atoms with Gasteiger partial charge in [0, 0.05) is 5.41 Å². The van der Waals surface area contributed by atoms with Gasteiger partial charge in [-0.2, -0.15) is 0 Å². The zero-order chi connectivity index (χ0) is 23.8. The largest absolute Gasteiger partial charge is 0.385 e. The Morgan fingerprint density at radius 1 is 0.818 bits per heavy atom. The highest BCUT2D eigenvalue weighted by molar-refractivity contribution is 5.89. The number of ether oxygens (including phenoxy) is 1. The Morgan fingerprint density at radius 3 is 2.24 bits per heavy atom. The fraction of sp³-hybridized carbons (Fsp3) is 0.967. The highest BCUT2D eigenvalue weighted by Crippen LogP contribution is 2.77. The van der Waals surface area contributed by atoms with Crippen LogP contribution in [0, 0.1) is 56.2 Å². The first-order valence-electron chi connectivity index (χ1n) is 14.1. The van der Waals surface area contributed by atoms with E-state index in [2.05, 4.69) is 48.5 Å². The first-order valence-corrected chi connectivity index (χ1v) is 14.1. The molecular formula is C30H48O3. The van der Waals surface area contributed by atoms with Gasteiger partial charge in [0.15, 0.2) is 5.78 Å². The summed E-state index contributed by atoms with van der Waals surface area (Å²) in [6, 6.07) is 0. The minimum atomic E-state index is -0.785. The molecular weight excluding hydrogens is 408 g/mol. The molecule has 3 nitrogen and oxygen atoms in total. The van der Waals surface area contributed by atoms with Crippen LogP contribution in [0.1, 0.15) is 106 Å². The van der Waals surface area contributed by atoms with Crippen LogP contribution in [-0.4, -0.2) is 29.7 Å². The van der Waals surface area contributed by atoms with Crippen molar-refractivity contribution in [2.45, 2.75) is 118 Å². The number of rotatable bonds is 0. The van der Waals surface area contributed by atoms with Crippen LogP contribution < -0.4 is 0 Å². The number of aliphatic hydroxyl groups excluding tert-OH is 1. The van der Waals surface area contributed by atoms with E-state index in [-0.39, 0.29) is 16.6 Å². The van der Waals surface area contributed by atoms with Gasteiger partial charge in [-0.1, -0.05) is 48.5 Å². The van der Waals surface area contributed by atoms with E-state index in [1.54, 1.807) is 0 Å². The van der Waals surface area contributed by atoms with Crippen LogP contribution in [0.4, 0.5) is 0 Å². The van der Waals surface area contributed by atoms with E-state index < -0.39 is 11.5 Å². The third-order valence-corrected chi connectivity index (χ3v) is 13.8. The second-order valence-electron chi connectivity index (χ2n) is 15.6. The number of carbonyl (C=O) groups excluding carboxylic acids is 1. The zero-order valence-electron chi connectivity index (χ0n) is 22.3. The Kier molecular flexibility index (Phi) is 4.51. The van der Waals surface area contributed by atoms with Crippen LogP contribution in [0.3, 0.4) is 0 Å². The van der Waals surface area contributed by atoms with E-state index in [1.165, 1.54) is 44.9 Å². The molecule has 6 rings (SSSR count). The Balaban J connectivity index is 1.41. The smallest absolute Gasteiger partial charge is 0.167 e. The van der Waals surface area contributed by atoms with E-state index in [1.807, 2.05) is 0 Å². The molecule has 186 valence electrons. The van der Waals surface area contributed by atoms with Gasteiger partial charge in [0.1, 0.15) is 6.10 Å². The Morgan fingerprint density at radius 2 is 1.52 bits per heavy atom. The molecule has 5 saturated carbocycles. The van der Waals surface area contributed by atoms with Gasteiger partial charge in [0.25, 0.3) is 0 Å². The summed E-state index contributed by atoms with van der Waals surface area (Å²) in [5.41, 5.74) is 0.969. The number of hydrogen-bond donors (Lipinski definition) is 1. The molecule has 5 aliphatic carbocycles. The molecule has 6 fully saturated rings. The zero-order valence-corrected chi connectivity index (χ0v) is 22.3. The van der Waals surface area contributed by atoms with Crippen molar-refractivity contribution in [3.05, 3.63) is 0 Å². The van der Waals surface area contributed by atoms with Crippen molar-refractivity contribution in [1.82, 2.24) is 0 Å². The molecule has 33 heavy (non-hydrogen) atoms. The third-order valence-electron chi connectivity index (χ3n) is 13.8. The van der Waals surface area contributed by atoms with Crippen LogP contribution >= 0.6 is 0 Å². The monoisotopic (exact) mass is 456 g/mol. The summed E-state index contributed by atoms with van der Waals surface area (Å²) in [5.74, 6) is 2.55. The summed E-state index contributed by atoms with van der Waals surface area (Å²) in [7, 11) is 0. The van der Waals surface area contributed by atoms with Crippen LogP contribution in [-0.2, 0) is 9.53 Å². The first kappa shape index (κ1) is 23.0. The molecule has 0 radical (unpaired) electrons. The SMILES string of the molecule is CC1(C)CC[C@]23CC[C@]4(C)[C@H](CC[C@@H]5[C@@]6(C)CC(O)C(=O)C(C)(C)[C@@H]6CC[C@]54C)[C@H]2[C@H]1OC3. The second-order valence-corrected chi connectivity index (χ2v) is 15.6. The van der Waals surface area contributed by atoms with E-state index in [0.29, 0.717) is 40.6 Å². The second kappa shape index (κ2) is 6.47. The molecule has 0 aromatic heterocycles. The fourth-order valence-corrected chi connectivity index (χ4v) is 11.9. The Labute approximate surface area is 201 Å². The van der Waals surface area contributed by atoms with Gasteiger partial charge in [-0.25, -0.2) is 0 Å². The molecule has 0 spiro atoms. The van der Waals surface area contributed by atoms with Crippen molar-refractivity contribution in [2.75, 3.05) is 6.61 Å². The van der Waals surface area contributed by atoms with Crippen molar-refractivity contribution < 1.29 is 14.6 Å². The van der Waals surface area contributed by atoms with Crippen molar-refractivity contribution >= 4 is 5.78 Å². The fourth-order valence-electron chi connectivity index (χ4n) is 11.9. The summed E-state index contributed by atoms with van der Waals surface area (Å²) in [4.78, 5) is 13.0. The van der Waals surface area contributed by atoms with Gasteiger partial charge < -0.3 is 9.84 Å². The predicted octanol–water partition coefficient (Wildman–Crippen LogP) is 6.42. The highest BCUT2D eigenvalue weighted by atomic mass is 16.5. The minimum Gasteiger partial charge on any atom is -0.385 e. The number of aliphatic hydroxyl groups is 1. The van der Waals surface area contributed by atoms with Gasteiger partial charge >= 0.3 is 0 Å². The lowest BCUT2D eigenvalue weighted by Crippen LogP contribution is -2.68. The van der Waals surface area contributed by atoms with E-state index in [4.69, 9.17) is 4.74 Å².